The molecule has 2 N–H and O–H groups in total. The van der Waals surface area contributed by atoms with E-state index >= 15 is 0 Å². The molecule has 0 saturated heterocycles. The summed E-state index contributed by atoms with van der Waals surface area (Å²) < 4.78 is 5.48. The molecule has 0 aliphatic heterocycles. The number of primary amides is 1. The van der Waals surface area contributed by atoms with Gasteiger partial charge < -0.3 is 10.5 Å². The van der Waals surface area contributed by atoms with Gasteiger partial charge in [0.05, 0.1) is 6.61 Å². The Morgan fingerprint density at radius 1 is 1.43 bits per heavy atom. The third kappa shape index (κ3) is 3.47. The van der Waals surface area contributed by atoms with Gasteiger partial charge in [0.1, 0.15) is 5.75 Å². The van der Waals surface area contributed by atoms with Gasteiger partial charge in [-0.05, 0) is 25.0 Å². The summed E-state index contributed by atoms with van der Waals surface area (Å²) in [5.41, 5.74) is 6.11. The van der Waals surface area contributed by atoms with Crippen LogP contribution in [0.25, 0.3) is 0 Å². The van der Waals surface area contributed by atoms with Crippen LogP contribution in [0.3, 0.4) is 0 Å². The maximum Gasteiger partial charge on any atom is 0.217 e. The Hall–Kier alpha value is -1.51. The van der Waals surface area contributed by atoms with E-state index in [2.05, 4.69) is 0 Å². The second-order valence-electron chi connectivity index (χ2n) is 3.18. The molecule has 76 valence electrons. The van der Waals surface area contributed by atoms with Crippen LogP contribution in [-0.2, 0) is 4.79 Å². The normalized spacial score (nSPS) is 9.79. The zero-order valence-corrected chi connectivity index (χ0v) is 8.32. The highest BCUT2D eigenvalue weighted by molar-refractivity contribution is 5.73. The zero-order chi connectivity index (χ0) is 10.4. The first-order valence-corrected chi connectivity index (χ1v) is 4.67. The second-order valence-corrected chi connectivity index (χ2v) is 3.18. The molecule has 1 rings (SSSR count). The Morgan fingerprint density at radius 3 is 2.79 bits per heavy atom. The van der Waals surface area contributed by atoms with Gasteiger partial charge in [-0.3, -0.25) is 4.79 Å². The van der Waals surface area contributed by atoms with E-state index in [0.717, 1.165) is 11.3 Å². The Bertz CT molecular complexity index is 310. The van der Waals surface area contributed by atoms with E-state index in [4.69, 9.17) is 10.5 Å². The summed E-state index contributed by atoms with van der Waals surface area (Å²) in [7, 11) is 0. The van der Waals surface area contributed by atoms with Crippen molar-refractivity contribution in [1.82, 2.24) is 0 Å². The minimum atomic E-state index is -0.279. The van der Waals surface area contributed by atoms with Crippen LogP contribution in [0.1, 0.15) is 18.4 Å². The lowest BCUT2D eigenvalue weighted by atomic mass is 10.2. The lowest BCUT2D eigenvalue weighted by molar-refractivity contribution is -0.118. The van der Waals surface area contributed by atoms with Crippen LogP contribution in [0.2, 0.25) is 0 Å². The molecule has 0 unspecified atom stereocenters. The molecule has 1 aromatic carbocycles. The van der Waals surface area contributed by atoms with Gasteiger partial charge in [-0.15, -0.1) is 0 Å². The molecule has 0 aliphatic rings. The van der Waals surface area contributed by atoms with Gasteiger partial charge in [0.25, 0.3) is 0 Å². The number of para-hydroxylation sites is 1. The molecule has 0 heterocycles. The largest absolute Gasteiger partial charge is 0.493 e. The average Bonchev–Trinajstić information content (AvgIpc) is 2.15. The molecule has 0 aliphatic carbocycles. The van der Waals surface area contributed by atoms with Crippen LogP contribution < -0.4 is 10.5 Å². The summed E-state index contributed by atoms with van der Waals surface area (Å²) in [5, 5.41) is 0. The van der Waals surface area contributed by atoms with E-state index in [1.807, 2.05) is 31.2 Å². The van der Waals surface area contributed by atoms with Gasteiger partial charge in [0.2, 0.25) is 5.91 Å². The Balaban J connectivity index is 2.31. The predicted octanol–water partition coefficient (Wildman–Crippen LogP) is 1.64. The summed E-state index contributed by atoms with van der Waals surface area (Å²) in [6.45, 7) is 2.53. The summed E-state index contributed by atoms with van der Waals surface area (Å²) >= 11 is 0. The SMILES string of the molecule is Cc1ccccc1OCCCC(N)=O. The lowest BCUT2D eigenvalue weighted by Gasteiger charge is -2.07. The Morgan fingerprint density at radius 2 is 2.14 bits per heavy atom. The smallest absolute Gasteiger partial charge is 0.217 e. The highest BCUT2D eigenvalue weighted by Crippen LogP contribution is 2.16. The summed E-state index contributed by atoms with van der Waals surface area (Å²) in [5.74, 6) is 0.593. The number of carbonyl (C=O) groups is 1. The Labute approximate surface area is 83.9 Å². The van der Waals surface area contributed by atoms with Crippen molar-refractivity contribution in [3.05, 3.63) is 29.8 Å². The number of amides is 1. The molecule has 3 heteroatoms. The van der Waals surface area contributed by atoms with E-state index < -0.39 is 0 Å². The molecule has 0 radical (unpaired) electrons. The van der Waals surface area contributed by atoms with Crippen molar-refractivity contribution in [3.8, 4) is 5.75 Å². The third-order valence-corrected chi connectivity index (χ3v) is 1.92. The molecule has 0 fully saturated rings. The van der Waals surface area contributed by atoms with Gasteiger partial charge in [0, 0.05) is 6.42 Å². The van der Waals surface area contributed by atoms with Crippen LogP contribution in [-0.4, -0.2) is 12.5 Å². The number of hydrogen-bond acceptors (Lipinski definition) is 2. The van der Waals surface area contributed by atoms with Gasteiger partial charge in [0.15, 0.2) is 0 Å². The van der Waals surface area contributed by atoms with Crippen molar-refractivity contribution in [2.75, 3.05) is 6.61 Å². The van der Waals surface area contributed by atoms with E-state index in [-0.39, 0.29) is 5.91 Å². The monoisotopic (exact) mass is 193 g/mol. The molecule has 14 heavy (non-hydrogen) atoms. The van der Waals surface area contributed by atoms with Crippen molar-refractivity contribution in [2.45, 2.75) is 19.8 Å². The number of hydrogen-bond donors (Lipinski definition) is 1. The van der Waals surface area contributed by atoms with E-state index in [0.29, 0.717) is 19.4 Å². The number of carbonyl (C=O) groups excluding carboxylic acids is 1. The van der Waals surface area contributed by atoms with Crippen LogP contribution in [0, 0.1) is 6.92 Å². The van der Waals surface area contributed by atoms with Crippen molar-refractivity contribution in [2.24, 2.45) is 5.73 Å². The number of rotatable bonds is 5. The average molecular weight is 193 g/mol. The van der Waals surface area contributed by atoms with Crippen LogP contribution >= 0.6 is 0 Å². The predicted molar refractivity (Wildman–Crippen MR) is 55.1 cm³/mol. The maximum absolute atomic E-state index is 10.4. The van der Waals surface area contributed by atoms with Gasteiger partial charge in [-0.2, -0.15) is 0 Å². The van der Waals surface area contributed by atoms with Crippen LogP contribution in [0.4, 0.5) is 0 Å². The number of benzene rings is 1. The molecule has 3 nitrogen and oxygen atoms in total. The maximum atomic E-state index is 10.4. The van der Waals surface area contributed by atoms with Crippen molar-refractivity contribution in [3.63, 3.8) is 0 Å². The molecule has 0 saturated carbocycles. The number of aryl methyl sites for hydroxylation is 1. The van der Waals surface area contributed by atoms with Gasteiger partial charge in [-0.25, -0.2) is 0 Å². The molecule has 0 spiro atoms. The fourth-order valence-electron chi connectivity index (χ4n) is 1.15. The first-order chi connectivity index (χ1) is 6.70. The highest BCUT2D eigenvalue weighted by atomic mass is 16.5. The first-order valence-electron chi connectivity index (χ1n) is 4.67. The van der Waals surface area contributed by atoms with Crippen molar-refractivity contribution in [1.29, 1.82) is 0 Å². The quantitative estimate of drug-likeness (QED) is 0.723. The van der Waals surface area contributed by atoms with Crippen LogP contribution in [0.5, 0.6) is 5.75 Å². The topological polar surface area (TPSA) is 52.3 Å². The van der Waals surface area contributed by atoms with E-state index in [1.165, 1.54) is 0 Å². The Kier molecular flexibility index (Phi) is 3.98. The van der Waals surface area contributed by atoms with E-state index in [9.17, 15) is 4.79 Å². The zero-order valence-electron chi connectivity index (χ0n) is 8.32. The standard InChI is InChI=1S/C11H15NO2/c1-9-5-2-3-6-10(9)14-8-4-7-11(12)13/h2-3,5-6H,4,7-8H2,1H3,(H2,12,13). The highest BCUT2D eigenvalue weighted by Gasteiger charge is 1.98. The molecule has 0 bridgehead atoms. The van der Waals surface area contributed by atoms with Crippen molar-refractivity contribution < 1.29 is 9.53 Å². The van der Waals surface area contributed by atoms with E-state index in [1.54, 1.807) is 0 Å². The molecule has 1 amide bonds. The minimum Gasteiger partial charge on any atom is -0.493 e. The third-order valence-electron chi connectivity index (χ3n) is 1.92. The lowest BCUT2D eigenvalue weighted by Crippen LogP contribution is -2.11. The molecule has 1 aromatic rings. The summed E-state index contributed by atoms with van der Waals surface area (Å²) in [6, 6.07) is 7.80. The first kappa shape index (κ1) is 10.6. The summed E-state index contributed by atoms with van der Waals surface area (Å²) in [6.07, 6.45) is 1.05. The molecule has 0 atom stereocenters. The fraction of sp³-hybridized carbons (Fsp3) is 0.364. The fourth-order valence-corrected chi connectivity index (χ4v) is 1.15. The number of ether oxygens (including phenoxy) is 1. The molecular weight excluding hydrogens is 178 g/mol. The summed E-state index contributed by atoms with van der Waals surface area (Å²) in [4.78, 5) is 10.4. The molecular formula is C11H15NO2. The molecule has 0 aromatic heterocycles. The van der Waals surface area contributed by atoms with Crippen molar-refractivity contribution >= 4 is 5.91 Å². The number of nitrogens with two attached hydrogens (primary N) is 1. The van der Waals surface area contributed by atoms with Gasteiger partial charge in [-0.1, -0.05) is 18.2 Å². The van der Waals surface area contributed by atoms with Crippen LogP contribution in [0.15, 0.2) is 24.3 Å². The van der Waals surface area contributed by atoms with Gasteiger partial charge >= 0.3 is 0 Å². The second kappa shape index (κ2) is 5.27. The minimum absolute atomic E-state index is 0.279.